The molecule has 2 amide bonds. The van der Waals surface area contributed by atoms with Gasteiger partial charge in [0.15, 0.2) is 0 Å². The molecule has 0 bridgehead atoms. The Bertz CT molecular complexity index is 507. The van der Waals surface area contributed by atoms with Crippen LogP contribution in [0.4, 0.5) is 4.79 Å². The highest BCUT2D eigenvalue weighted by Gasteiger charge is 2.38. The molecule has 1 aromatic heterocycles. The molecule has 8 heteroatoms. The van der Waals surface area contributed by atoms with Gasteiger partial charge >= 0.3 is 12.0 Å². The van der Waals surface area contributed by atoms with E-state index in [-0.39, 0.29) is 13.0 Å². The average molecular weight is 363 g/mol. The predicted octanol–water partition coefficient (Wildman–Crippen LogP) is 1.28. The lowest BCUT2D eigenvalue weighted by molar-refractivity contribution is -0.141. The van der Waals surface area contributed by atoms with Gasteiger partial charge in [-0.15, -0.1) is 11.3 Å². The Balaban J connectivity index is 1.83. The molecule has 1 unspecified atom stereocenters. The maximum absolute atomic E-state index is 11.9. The molecule has 2 atom stereocenters. The second-order valence-electron chi connectivity index (χ2n) is 4.58. The number of carboxylic acids is 1. The van der Waals surface area contributed by atoms with Crippen LogP contribution in [0.25, 0.3) is 0 Å². The summed E-state index contributed by atoms with van der Waals surface area (Å²) in [6, 6.07) is 2.53. The molecule has 20 heavy (non-hydrogen) atoms. The van der Waals surface area contributed by atoms with Crippen molar-refractivity contribution in [1.29, 1.82) is 0 Å². The number of carbonyl (C=O) groups excluding carboxylic acids is 1. The Kier molecular flexibility index (Phi) is 5.00. The monoisotopic (exact) mass is 362 g/mol. The summed E-state index contributed by atoms with van der Waals surface area (Å²) in [6.45, 7) is 0.498. The zero-order chi connectivity index (χ0) is 14.7. The van der Waals surface area contributed by atoms with Gasteiger partial charge < -0.3 is 20.4 Å². The standard InChI is InChI=1S/C12H15BrN2O4S/c13-10-2-1-8(20-10)3-4-14-12(19)15-6-7(16)5-9(15)11(17)18/h1-2,7,9,16H,3-6H2,(H,14,19)(H,17,18)/t7?,9-/m0/s1. The molecule has 2 heterocycles. The fourth-order valence-electron chi connectivity index (χ4n) is 2.15. The summed E-state index contributed by atoms with van der Waals surface area (Å²) in [7, 11) is 0. The molecular formula is C12H15BrN2O4S. The van der Waals surface area contributed by atoms with Crippen molar-refractivity contribution in [2.75, 3.05) is 13.1 Å². The van der Waals surface area contributed by atoms with Crippen molar-refractivity contribution in [2.24, 2.45) is 0 Å². The van der Waals surface area contributed by atoms with Crippen LogP contribution in [-0.4, -0.2) is 52.3 Å². The minimum absolute atomic E-state index is 0.0628. The molecule has 0 aliphatic carbocycles. The zero-order valence-corrected chi connectivity index (χ0v) is 13.0. The lowest BCUT2D eigenvalue weighted by Gasteiger charge is -2.21. The summed E-state index contributed by atoms with van der Waals surface area (Å²) in [5, 5.41) is 21.2. The van der Waals surface area contributed by atoms with Gasteiger partial charge in [0.1, 0.15) is 6.04 Å². The van der Waals surface area contributed by atoms with Gasteiger partial charge in [0.05, 0.1) is 9.89 Å². The topological polar surface area (TPSA) is 89.9 Å². The van der Waals surface area contributed by atoms with E-state index < -0.39 is 24.1 Å². The van der Waals surface area contributed by atoms with Crippen LogP contribution in [0, 0.1) is 0 Å². The number of aliphatic hydroxyl groups excluding tert-OH is 1. The molecule has 1 saturated heterocycles. The molecule has 1 aliphatic rings. The van der Waals surface area contributed by atoms with Gasteiger partial charge in [0.25, 0.3) is 0 Å². The van der Waals surface area contributed by atoms with Crippen molar-refractivity contribution in [3.63, 3.8) is 0 Å². The van der Waals surface area contributed by atoms with E-state index in [0.717, 1.165) is 8.66 Å². The van der Waals surface area contributed by atoms with Gasteiger partial charge in [0.2, 0.25) is 0 Å². The highest BCUT2D eigenvalue weighted by atomic mass is 79.9. The van der Waals surface area contributed by atoms with Crippen LogP contribution in [0.2, 0.25) is 0 Å². The number of hydrogen-bond donors (Lipinski definition) is 3. The molecule has 110 valence electrons. The Morgan fingerprint density at radius 1 is 1.50 bits per heavy atom. The molecule has 1 aromatic rings. The number of rotatable bonds is 4. The molecule has 0 spiro atoms. The molecule has 1 fully saturated rings. The van der Waals surface area contributed by atoms with Gasteiger partial charge in [-0.1, -0.05) is 0 Å². The number of aliphatic carboxylic acids is 1. The first-order valence-electron chi connectivity index (χ1n) is 6.17. The van der Waals surface area contributed by atoms with Gasteiger partial charge in [0, 0.05) is 24.4 Å². The van der Waals surface area contributed by atoms with Gasteiger partial charge in [-0.3, -0.25) is 0 Å². The molecular weight excluding hydrogens is 348 g/mol. The van der Waals surface area contributed by atoms with Gasteiger partial charge in [-0.2, -0.15) is 0 Å². The maximum atomic E-state index is 11.9. The fraction of sp³-hybridized carbons (Fsp3) is 0.500. The zero-order valence-electron chi connectivity index (χ0n) is 10.6. The van der Waals surface area contributed by atoms with E-state index in [9.17, 15) is 14.7 Å². The lowest BCUT2D eigenvalue weighted by Crippen LogP contribution is -2.46. The van der Waals surface area contributed by atoms with Crippen molar-refractivity contribution < 1.29 is 19.8 Å². The molecule has 0 saturated carbocycles. The van der Waals surface area contributed by atoms with Gasteiger partial charge in [-0.25, -0.2) is 9.59 Å². The summed E-state index contributed by atoms with van der Waals surface area (Å²) < 4.78 is 1.03. The van der Waals surface area contributed by atoms with Crippen molar-refractivity contribution in [3.05, 3.63) is 20.8 Å². The Morgan fingerprint density at radius 2 is 2.25 bits per heavy atom. The minimum atomic E-state index is -1.08. The summed E-state index contributed by atoms with van der Waals surface area (Å²) >= 11 is 4.96. The van der Waals surface area contributed by atoms with E-state index in [2.05, 4.69) is 21.2 Å². The van der Waals surface area contributed by atoms with E-state index in [0.29, 0.717) is 13.0 Å². The first kappa shape index (κ1) is 15.3. The number of carboxylic acid groups (broad SMARTS) is 1. The largest absolute Gasteiger partial charge is 0.480 e. The van der Waals surface area contributed by atoms with E-state index in [1.54, 1.807) is 11.3 Å². The van der Waals surface area contributed by atoms with Crippen LogP contribution < -0.4 is 5.32 Å². The number of amides is 2. The number of nitrogens with one attached hydrogen (secondary N) is 1. The number of nitrogens with zero attached hydrogens (tertiary/aromatic N) is 1. The number of hydrogen-bond acceptors (Lipinski definition) is 4. The molecule has 1 aliphatic heterocycles. The third-order valence-corrected chi connectivity index (χ3v) is 4.78. The summed E-state index contributed by atoms with van der Waals surface area (Å²) in [4.78, 5) is 25.3. The number of β-amino-alcohol motifs (C(OH)–C–C–N with tert-alkyl or cyclic N) is 1. The average Bonchev–Trinajstić information content (AvgIpc) is 2.95. The number of aliphatic hydroxyl groups is 1. The Hall–Kier alpha value is -1.12. The fourth-order valence-corrected chi connectivity index (χ4v) is 3.64. The molecule has 2 rings (SSSR count). The van der Waals surface area contributed by atoms with E-state index in [1.807, 2.05) is 12.1 Å². The van der Waals surface area contributed by atoms with E-state index >= 15 is 0 Å². The molecule has 0 aromatic carbocycles. The third kappa shape index (κ3) is 3.71. The quantitative estimate of drug-likeness (QED) is 0.752. The van der Waals surface area contributed by atoms with Crippen molar-refractivity contribution in [1.82, 2.24) is 10.2 Å². The van der Waals surface area contributed by atoms with Crippen LogP contribution in [0.5, 0.6) is 0 Å². The highest BCUT2D eigenvalue weighted by molar-refractivity contribution is 9.11. The normalized spacial score (nSPS) is 22.0. The van der Waals surface area contributed by atoms with Crippen LogP contribution >= 0.6 is 27.3 Å². The van der Waals surface area contributed by atoms with Crippen molar-refractivity contribution >= 4 is 39.3 Å². The number of urea groups is 1. The SMILES string of the molecule is O=C(O)[C@@H]1CC(O)CN1C(=O)NCCc1ccc(Br)s1. The van der Waals surface area contributed by atoms with Gasteiger partial charge in [-0.05, 0) is 34.5 Å². The van der Waals surface area contributed by atoms with E-state index in [4.69, 9.17) is 5.11 Å². The highest BCUT2D eigenvalue weighted by Crippen LogP contribution is 2.22. The number of carbonyl (C=O) groups is 2. The van der Waals surface area contributed by atoms with Crippen LogP contribution in [0.3, 0.4) is 0 Å². The Morgan fingerprint density at radius 3 is 2.85 bits per heavy atom. The molecule has 6 nitrogen and oxygen atoms in total. The van der Waals surface area contributed by atoms with Crippen LogP contribution in [0.15, 0.2) is 15.9 Å². The van der Waals surface area contributed by atoms with E-state index in [1.165, 1.54) is 4.90 Å². The first-order chi connectivity index (χ1) is 9.47. The maximum Gasteiger partial charge on any atom is 0.326 e. The molecule has 0 radical (unpaired) electrons. The molecule has 3 N–H and O–H groups in total. The minimum Gasteiger partial charge on any atom is -0.480 e. The number of halogens is 1. The Labute approximate surface area is 128 Å². The number of thiophene rings is 1. The first-order valence-corrected chi connectivity index (χ1v) is 7.78. The van der Waals surface area contributed by atoms with Crippen molar-refractivity contribution in [2.45, 2.75) is 25.0 Å². The second kappa shape index (κ2) is 6.55. The van der Waals surface area contributed by atoms with Crippen molar-refractivity contribution in [3.8, 4) is 0 Å². The predicted molar refractivity (Wildman–Crippen MR) is 77.9 cm³/mol. The van der Waals surface area contributed by atoms with Crippen LogP contribution in [0.1, 0.15) is 11.3 Å². The summed E-state index contributed by atoms with van der Waals surface area (Å²) in [6.07, 6.45) is 0.00614. The summed E-state index contributed by atoms with van der Waals surface area (Å²) in [5.74, 6) is -1.08. The number of likely N-dealkylation sites (tertiary alicyclic amines) is 1. The lowest BCUT2D eigenvalue weighted by atomic mass is 10.2. The van der Waals surface area contributed by atoms with Crippen LogP contribution in [-0.2, 0) is 11.2 Å². The second-order valence-corrected chi connectivity index (χ2v) is 7.13. The summed E-state index contributed by atoms with van der Waals surface area (Å²) in [5.41, 5.74) is 0. The smallest absolute Gasteiger partial charge is 0.326 e. The third-order valence-electron chi connectivity index (χ3n) is 3.10.